The summed E-state index contributed by atoms with van der Waals surface area (Å²) in [5.41, 5.74) is 7.85. The first-order chi connectivity index (χ1) is 12.0. The minimum absolute atomic E-state index is 0.0342. The molecule has 3 N–H and O–H groups in total. The van der Waals surface area contributed by atoms with Crippen LogP contribution in [0, 0.1) is 13.8 Å². The monoisotopic (exact) mass is 357 g/mol. The molecule has 130 valence electrons. The lowest BCUT2D eigenvalue weighted by Gasteiger charge is -2.10. The maximum atomic E-state index is 5.82. The molecule has 1 aromatic carbocycles. The first-order valence-electron chi connectivity index (χ1n) is 7.76. The van der Waals surface area contributed by atoms with Gasteiger partial charge in [-0.2, -0.15) is 19.9 Å². The molecule has 9 heteroatoms. The van der Waals surface area contributed by atoms with E-state index in [1.54, 1.807) is 18.7 Å². The number of nitrogen functional groups attached to an aromatic ring is 1. The molecule has 0 fully saturated rings. The quantitative estimate of drug-likeness (QED) is 0.686. The normalized spacial score (nSPS) is 12.1. The van der Waals surface area contributed by atoms with E-state index in [1.807, 2.05) is 38.1 Å². The molecule has 3 aromatic rings. The number of aromatic nitrogens is 5. The summed E-state index contributed by atoms with van der Waals surface area (Å²) in [6.07, 6.45) is 0. The van der Waals surface area contributed by atoms with E-state index in [1.165, 1.54) is 0 Å². The third-order valence-electron chi connectivity index (χ3n) is 3.44. The number of nitrogens with zero attached hydrogens (tertiary/aromatic N) is 5. The van der Waals surface area contributed by atoms with Gasteiger partial charge in [0.05, 0.1) is 11.0 Å². The van der Waals surface area contributed by atoms with Crippen molar-refractivity contribution >= 4 is 29.3 Å². The molecule has 0 aliphatic rings. The Balaban J connectivity index is 1.70. The Morgan fingerprint density at radius 3 is 2.68 bits per heavy atom. The molecule has 0 spiro atoms. The molecule has 0 aliphatic heterocycles. The van der Waals surface area contributed by atoms with Crippen LogP contribution in [0.25, 0.3) is 0 Å². The van der Waals surface area contributed by atoms with Crippen LogP contribution >= 0.6 is 11.8 Å². The summed E-state index contributed by atoms with van der Waals surface area (Å²) in [6, 6.07) is 7.90. The average Bonchev–Trinajstić information content (AvgIpc) is 3.01. The lowest BCUT2D eigenvalue weighted by atomic mass is 10.2. The van der Waals surface area contributed by atoms with Crippen molar-refractivity contribution in [2.24, 2.45) is 0 Å². The van der Waals surface area contributed by atoms with Gasteiger partial charge >= 0.3 is 0 Å². The number of hydrogen-bond acceptors (Lipinski definition) is 9. The molecule has 25 heavy (non-hydrogen) atoms. The van der Waals surface area contributed by atoms with Gasteiger partial charge in [-0.3, -0.25) is 0 Å². The van der Waals surface area contributed by atoms with Gasteiger partial charge in [-0.05, 0) is 32.4 Å². The Morgan fingerprint density at radius 1 is 1.16 bits per heavy atom. The molecule has 0 aliphatic carbocycles. The molecule has 3 rings (SSSR count). The summed E-state index contributed by atoms with van der Waals surface area (Å²) < 4.78 is 5.18. The number of para-hydroxylation sites is 1. The highest BCUT2D eigenvalue weighted by Gasteiger charge is 2.15. The summed E-state index contributed by atoms with van der Waals surface area (Å²) in [5, 5.41) is 7.02. The van der Waals surface area contributed by atoms with E-state index in [4.69, 9.17) is 10.3 Å². The molecule has 0 radical (unpaired) electrons. The van der Waals surface area contributed by atoms with Gasteiger partial charge in [0, 0.05) is 5.69 Å². The number of benzene rings is 1. The standard InChI is InChI=1S/C16H19N7OS/c1-9-6-4-5-7-12(9)19-16-21-13(20-15(17)22-16)8-25-10(2)14-18-11(3)23-24-14/h4-7,10H,8H2,1-3H3,(H3,17,19,20,21,22). The third kappa shape index (κ3) is 4.44. The van der Waals surface area contributed by atoms with E-state index >= 15 is 0 Å². The van der Waals surface area contributed by atoms with Crippen LogP contribution in [-0.4, -0.2) is 25.1 Å². The molecule has 0 amide bonds. The van der Waals surface area contributed by atoms with Crippen LogP contribution in [0.2, 0.25) is 0 Å². The van der Waals surface area contributed by atoms with Crippen molar-refractivity contribution < 1.29 is 4.52 Å². The van der Waals surface area contributed by atoms with Gasteiger partial charge in [-0.15, -0.1) is 11.8 Å². The van der Waals surface area contributed by atoms with Crippen molar-refractivity contribution in [1.29, 1.82) is 0 Å². The Bertz CT molecular complexity index is 867. The number of anilines is 3. The topological polar surface area (TPSA) is 116 Å². The van der Waals surface area contributed by atoms with E-state index in [9.17, 15) is 0 Å². The fourth-order valence-corrected chi connectivity index (χ4v) is 2.91. The molecule has 1 atom stereocenters. The molecule has 0 saturated heterocycles. The lowest BCUT2D eigenvalue weighted by Crippen LogP contribution is -2.07. The van der Waals surface area contributed by atoms with Gasteiger partial charge in [0.15, 0.2) is 5.82 Å². The van der Waals surface area contributed by atoms with Crippen LogP contribution in [0.3, 0.4) is 0 Å². The average molecular weight is 357 g/mol. The maximum Gasteiger partial charge on any atom is 0.239 e. The minimum Gasteiger partial charge on any atom is -0.368 e. The summed E-state index contributed by atoms with van der Waals surface area (Å²) in [5.74, 6) is 2.97. The zero-order valence-corrected chi connectivity index (χ0v) is 15.0. The van der Waals surface area contributed by atoms with Crippen molar-refractivity contribution in [3.05, 3.63) is 47.4 Å². The number of thioether (sulfide) groups is 1. The molecule has 0 saturated carbocycles. The van der Waals surface area contributed by atoms with E-state index in [-0.39, 0.29) is 11.2 Å². The Morgan fingerprint density at radius 2 is 1.96 bits per heavy atom. The van der Waals surface area contributed by atoms with Gasteiger partial charge < -0.3 is 15.6 Å². The van der Waals surface area contributed by atoms with Crippen LogP contribution in [0.15, 0.2) is 28.8 Å². The van der Waals surface area contributed by atoms with E-state index in [2.05, 4.69) is 30.4 Å². The number of nitrogens with one attached hydrogen (secondary N) is 1. The number of nitrogens with two attached hydrogens (primary N) is 1. The van der Waals surface area contributed by atoms with Gasteiger partial charge in [0.25, 0.3) is 0 Å². The Hall–Kier alpha value is -2.68. The van der Waals surface area contributed by atoms with Gasteiger partial charge in [0.1, 0.15) is 5.82 Å². The summed E-state index contributed by atoms with van der Waals surface area (Å²) in [7, 11) is 0. The molecule has 2 aromatic heterocycles. The van der Waals surface area contributed by atoms with E-state index < -0.39 is 0 Å². The fourth-order valence-electron chi connectivity index (χ4n) is 2.14. The predicted octanol–water partition coefficient (Wildman–Crippen LogP) is 3.19. The maximum absolute atomic E-state index is 5.82. The summed E-state index contributed by atoms with van der Waals surface area (Å²) in [6.45, 7) is 5.80. The lowest BCUT2D eigenvalue weighted by molar-refractivity contribution is 0.376. The second kappa shape index (κ2) is 7.47. The van der Waals surface area contributed by atoms with Gasteiger partial charge in [-0.1, -0.05) is 23.4 Å². The fraction of sp³-hybridized carbons (Fsp3) is 0.312. The Labute approximate surface area is 149 Å². The highest BCUT2D eigenvalue weighted by molar-refractivity contribution is 7.98. The molecule has 1 unspecified atom stereocenters. The Kier molecular flexibility index (Phi) is 5.13. The number of aryl methyl sites for hydroxylation is 2. The van der Waals surface area contributed by atoms with E-state index in [0.29, 0.717) is 29.2 Å². The smallest absolute Gasteiger partial charge is 0.239 e. The first kappa shape index (κ1) is 17.2. The highest BCUT2D eigenvalue weighted by atomic mass is 32.2. The SMILES string of the molecule is Cc1noc(C(C)SCc2nc(N)nc(Nc3ccccc3C)n2)n1. The largest absolute Gasteiger partial charge is 0.368 e. The molecular formula is C16H19N7OS. The van der Waals surface area contributed by atoms with Gasteiger partial charge in [0.2, 0.25) is 17.8 Å². The van der Waals surface area contributed by atoms with E-state index in [0.717, 1.165) is 11.3 Å². The van der Waals surface area contributed by atoms with Crippen molar-refractivity contribution in [2.45, 2.75) is 31.8 Å². The number of rotatable bonds is 6. The van der Waals surface area contributed by atoms with Crippen molar-refractivity contribution in [1.82, 2.24) is 25.1 Å². The third-order valence-corrected chi connectivity index (χ3v) is 4.57. The van der Waals surface area contributed by atoms with Crippen LogP contribution in [-0.2, 0) is 5.75 Å². The molecule has 0 bridgehead atoms. The molecule has 8 nitrogen and oxygen atoms in total. The second-order valence-corrected chi connectivity index (χ2v) is 6.84. The second-order valence-electron chi connectivity index (χ2n) is 5.51. The summed E-state index contributed by atoms with van der Waals surface area (Å²) >= 11 is 1.59. The zero-order valence-electron chi connectivity index (χ0n) is 14.2. The van der Waals surface area contributed by atoms with Crippen LogP contribution in [0.5, 0.6) is 0 Å². The van der Waals surface area contributed by atoms with Crippen molar-refractivity contribution in [3.63, 3.8) is 0 Å². The molecular weight excluding hydrogens is 338 g/mol. The van der Waals surface area contributed by atoms with Crippen LogP contribution in [0.4, 0.5) is 17.6 Å². The van der Waals surface area contributed by atoms with Gasteiger partial charge in [-0.25, -0.2) is 0 Å². The predicted molar refractivity (Wildman–Crippen MR) is 97.4 cm³/mol. The van der Waals surface area contributed by atoms with Crippen LogP contribution < -0.4 is 11.1 Å². The number of hydrogen-bond donors (Lipinski definition) is 2. The first-order valence-corrected chi connectivity index (χ1v) is 8.81. The van der Waals surface area contributed by atoms with Crippen molar-refractivity contribution in [3.8, 4) is 0 Å². The van der Waals surface area contributed by atoms with Crippen molar-refractivity contribution in [2.75, 3.05) is 11.1 Å². The zero-order chi connectivity index (χ0) is 17.8. The molecule has 2 heterocycles. The van der Waals surface area contributed by atoms with Crippen LogP contribution in [0.1, 0.15) is 35.3 Å². The highest BCUT2D eigenvalue weighted by Crippen LogP contribution is 2.29. The minimum atomic E-state index is 0.0342. The summed E-state index contributed by atoms with van der Waals surface area (Å²) in [4.78, 5) is 17.0.